The number of aryl methyl sites for hydroxylation is 1. The molecule has 0 amide bonds. The normalized spacial score (nSPS) is 12.9. The van der Waals surface area contributed by atoms with Gasteiger partial charge in [-0.05, 0) is 29.7 Å². The molecular weight excluding hydrogens is 418 g/mol. The van der Waals surface area contributed by atoms with Gasteiger partial charge < -0.3 is 14.8 Å². The number of rotatable bonds is 12. The summed E-state index contributed by atoms with van der Waals surface area (Å²) in [5.41, 5.74) is 3.07. The van der Waals surface area contributed by atoms with Crippen molar-refractivity contribution < 1.29 is 19.8 Å². The number of hydrogen-bond donors (Lipinski definition) is 3. The van der Waals surface area contributed by atoms with Crippen LogP contribution in [-0.4, -0.2) is 37.7 Å². The molecule has 1 aromatic heterocycles. The Morgan fingerprint density at radius 2 is 1.76 bits per heavy atom. The van der Waals surface area contributed by atoms with E-state index in [0.717, 1.165) is 41.9 Å². The lowest BCUT2D eigenvalue weighted by Gasteiger charge is -2.22. The average Bonchev–Trinajstić information content (AvgIpc) is 3.19. The lowest BCUT2D eigenvalue weighted by Crippen LogP contribution is -2.40. The SMILES string of the molecule is CCCCc1ncc(CN[C@@H](C(=O)O)C(C)c2ccccc2)n1Cc1ccc(C(=O)O)cc1. The van der Waals surface area contributed by atoms with Gasteiger partial charge in [-0.1, -0.05) is 62.7 Å². The first-order valence-corrected chi connectivity index (χ1v) is 11.3. The molecule has 0 saturated heterocycles. The number of aromatic carboxylic acids is 1. The average molecular weight is 450 g/mol. The Labute approximate surface area is 194 Å². The molecule has 2 aromatic carbocycles. The number of carboxylic acid groups (broad SMARTS) is 2. The Bertz CT molecular complexity index is 1060. The van der Waals surface area contributed by atoms with Crippen molar-refractivity contribution in [2.75, 3.05) is 0 Å². The number of aliphatic carboxylic acids is 1. The third kappa shape index (κ3) is 6.29. The van der Waals surface area contributed by atoms with Gasteiger partial charge in [0.25, 0.3) is 0 Å². The van der Waals surface area contributed by atoms with Gasteiger partial charge in [0.2, 0.25) is 0 Å². The Morgan fingerprint density at radius 1 is 1.06 bits per heavy atom. The summed E-state index contributed by atoms with van der Waals surface area (Å²) < 4.78 is 2.10. The van der Waals surface area contributed by atoms with Crippen LogP contribution in [0.2, 0.25) is 0 Å². The molecule has 0 aliphatic heterocycles. The van der Waals surface area contributed by atoms with Crippen LogP contribution in [0.5, 0.6) is 0 Å². The molecule has 3 aromatic rings. The Balaban J connectivity index is 1.80. The van der Waals surface area contributed by atoms with Crippen molar-refractivity contribution in [3.8, 4) is 0 Å². The monoisotopic (exact) mass is 449 g/mol. The quantitative estimate of drug-likeness (QED) is 0.380. The fourth-order valence-electron chi connectivity index (χ4n) is 3.90. The van der Waals surface area contributed by atoms with Crippen molar-refractivity contribution in [2.45, 2.75) is 58.2 Å². The minimum Gasteiger partial charge on any atom is -0.480 e. The fourth-order valence-corrected chi connectivity index (χ4v) is 3.90. The van der Waals surface area contributed by atoms with Crippen molar-refractivity contribution in [3.63, 3.8) is 0 Å². The van der Waals surface area contributed by atoms with E-state index in [1.807, 2.05) is 49.4 Å². The molecule has 1 heterocycles. The number of carboxylic acids is 2. The molecule has 0 radical (unpaired) electrons. The maximum atomic E-state index is 12.0. The molecule has 33 heavy (non-hydrogen) atoms. The lowest BCUT2D eigenvalue weighted by atomic mass is 9.93. The summed E-state index contributed by atoms with van der Waals surface area (Å²) in [6.45, 7) is 4.94. The zero-order valence-electron chi connectivity index (χ0n) is 19.1. The molecule has 0 bridgehead atoms. The first kappa shape index (κ1) is 24.2. The van der Waals surface area contributed by atoms with E-state index in [4.69, 9.17) is 5.11 Å². The second-order valence-corrected chi connectivity index (χ2v) is 8.25. The number of hydrogen-bond acceptors (Lipinski definition) is 4. The standard InChI is InChI=1S/C26H31N3O4/c1-3-4-10-23-27-15-22(29(23)17-19-11-13-21(14-12-19)25(30)31)16-28-24(26(32)33)18(2)20-8-6-5-7-9-20/h5-9,11-15,18,24,28H,3-4,10,16-17H2,1-2H3,(H,30,31)(H,32,33)/t18?,24-/m1/s1. The van der Waals surface area contributed by atoms with Crippen molar-refractivity contribution in [3.05, 3.63) is 89.0 Å². The fraction of sp³-hybridized carbons (Fsp3) is 0.346. The van der Waals surface area contributed by atoms with Gasteiger partial charge >= 0.3 is 11.9 Å². The van der Waals surface area contributed by atoms with Gasteiger partial charge in [0.15, 0.2) is 0 Å². The first-order chi connectivity index (χ1) is 15.9. The van der Waals surface area contributed by atoms with Gasteiger partial charge in [0.05, 0.1) is 11.3 Å². The van der Waals surface area contributed by atoms with E-state index in [1.165, 1.54) is 0 Å². The number of nitrogens with zero attached hydrogens (tertiary/aromatic N) is 2. The minimum atomic E-state index is -0.954. The highest BCUT2D eigenvalue weighted by Crippen LogP contribution is 2.20. The number of nitrogens with one attached hydrogen (secondary N) is 1. The molecule has 0 spiro atoms. The van der Waals surface area contributed by atoms with Gasteiger partial charge in [-0.15, -0.1) is 0 Å². The van der Waals surface area contributed by atoms with Crippen molar-refractivity contribution >= 4 is 11.9 Å². The zero-order valence-corrected chi connectivity index (χ0v) is 19.1. The summed E-state index contributed by atoms with van der Waals surface area (Å²) in [5, 5.41) is 22.2. The largest absolute Gasteiger partial charge is 0.480 e. The summed E-state index contributed by atoms with van der Waals surface area (Å²) in [7, 11) is 0. The third-order valence-corrected chi connectivity index (χ3v) is 5.91. The Kier molecular flexibility index (Phi) is 8.38. The zero-order chi connectivity index (χ0) is 23.8. The third-order valence-electron chi connectivity index (χ3n) is 5.91. The predicted octanol–water partition coefficient (Wildman–Crippen LogP) is 4.32. The van der Waals surface area contributed by atoms with E-state index in [1.54, 1.807) is 18.3 Å². The molecule has 7 heteroatoms. The summed E-state index contributed by atoms with van der Waals surface area (Å²) >= 11 is 0. The van der Waals surface area contributed by atoms with E-state index in [2.05, 4.69) is 21.8 Å². The number of carbonyl (C=O) groups is 2. The number of aromatic nitrogens is 2. The number of unbranched alkanes of at least 4 members (excludes halogenated alkanes) is 1. The molecule has 0 aliphatic rings. The maximum absolute atomic E-state index is 12.0. The summed E-state index contributed by atoms with van der Waals surface area (Å²) in [5.74, 6) is -1.11. The van der Waals surface area contributed by atoms with Crippen LogP contribution in [0.15, 0.2) is 60.8 Å². The smallest absolute Gasteiger partial charge is 0.335 e. The van der Waals surface area contributed by atoms with Crippen molar-refractivity contribution in [1.82, 2.24) is 14.9 Å². The Morgan fingerprint density at radius 3 is 2.36 bits per heavy atom. The highest BCUT2D eigenvalue weighted by atomic mass is 16.4. The Hall–Kier alpha value is -3.45. The molecular formula is C26H31N3O4. The van der Waals surface area contributed by atoms with Crippen molar-refractivity contribution in [2.24, 2.45) is 0 Å². The van der Waals surface area contributed by atoms with E-state index in [-0.39, 0.29) is 11.5 Å². The maximum Gasteiger partial charge on any atom is 0.335 e. The summed E-state index contributed by atoms with van der Waals surface area (Å²) in [6, 6.07) is 15.7. The molecule has 1 unspecified atom stereocenters. The predicted molar refractivity (Wildman–Crippen MR) is 126 cm³/mol. The van der Waals surface area contributed by atoms with E-state index < -0.39 is 18.0 Å². The highest BCUT2D eigenvalue weighted by Gasteiger charge is 2.26. The van der Waals surface area contributed by atoms with E-state index in [9.17, 15) is 14.7 Å². The topological polar surface area (TPSA) is 104 Å². The molecule has 0 aliphatic carbocycles. The molecule has 0 fully saturated rings. The van der Waals surface area contributed by atoms with Gasteiger partial charge in [-0.25, -0.2) is 9.78 Å². The molecule has 3 N–H and O–H groups in total. The van der Waals surface area contributed by atoms with E-state index in [0.29, 0.717) is 13.1 Å². The van der Waals surface area contributed by atoms with Gasteiger partial charge in [0.1, 0.15) is 11.9 Å². The number of imidazole rings is 1. The summed E-state index contributed by atoms with van der Waals surface area (Å²) in [4.78, 5) is 27.8. The molecule has 0 saturated carbocycles. The van der Waals surface area contributed by atoms with Crippen LogP contribution in [0.25, 0.3) is 0 Å². The molecule has 2 atom stereocenters. The highest BCUT2D eigenvalue weighted by molar-refractivity contribution is 5.87. The van der Waals surface area contributed by atoms with Crippen LogP contribution < -0.4 is 5.32 Å². The van der Waals surface area contributed by atoms with Crippen LogP contribution >= 0.6 is 0 Å². The van der Waals surface area contributed by atoms with Crippen LogP contribution in [0.3, 0.4) is 0 Å². The van der Waals surface area contributed by atoms with Crippen LogP contribution in [0, 0.1) is 0 Å². The van der Waals surface area contributed by atoms with Crippen LogP contribution in [0.1, 0.15) is 65.6 Å². The van der Waals surface area contributed by atoms with Crippen molar-refractivity contribution in [1.29, 1.82) is 0 Å². The lowest BCUT2D eigenvalue weighted by molar-refractivity contribution is -0.140. The van der Waals surface area contributed by atoms with Gasteiger partial charge in [0, 0.05) is 31.6 Å². The second-order valence-electron chi connectivity index (χ2n) is 8.25. The summed E-state index contributed by atoms with van der Waals surface area (Å²) in [6.07, 6.45) is 4.68. The van der Waals surface area contributed by atoms with Crippen LogP contribution in [0.4, 0.5) is 0 Å². The minimum absolute atomic E-state index is 0.205. The molecule has 7 nitrogen and oxygen atoms in total. The van der Waals surface area contributed by atoms with Crippen LogP contribution in [-0.2, 0) is 24.3 Å². The number of benzene rings is 2. The second kappa shape index (κ2) is 11.4. The van der Waals surface area contributed by atoms with E-state index >= 15 is 0 Å². The van der Waals surface area contributed by atoms with Gasteiger partial charge in [-0.3, -0.25) is 10.1 Å². The molecule has 174 valence electrons. The molecule has 3 rings (SSSR count). The first-order valence-electron chi connectivity index (χ1n) is 11.3. The van der Waals surface area contributed by atoms with Gasteiger partial charge in [-0.2, -0.15) is 0 Å².